The normalized spacial score (nSPS) is 12.6. The average Bonchev–Trinajstić information content (AvgIpc) is 2.74. The van der Waals surface area contributed by atoms with E-state index in [0.717, 1.165) is 12.1 Å². The van der Waals surface area contributed by atoms with Crippen molar-refractivity contribution in [2.75, 3.05) is 5.32 Å². The predicted molar refractivity (Wildman–Crippen MR) is 102 cm³/mol. The van der Waals surface area contributed by atoms with Gasteiger partial charge in [0.1, 0.15) is 6.04 Å². The molecule has 2 aromatic rings. The molecule has 31 heavy (non-hydrogen) atoms. The first-order chi connectivity index (χ1) is 14.6. The molecular formula is C20H16F3N5O3. The third kappa shape index (κ3) is 5.95. The Bertz CT molecular complexity index is 1050. The summed E-state index contributed by atoms with van der Waals surface area (Å²) in [7, 11) is 0. The SMILES string of the molecule is C[C@@H](O)[C@@H](Nc1ccc(C#N)c(C(F)(F)F)c1)C(=O)NNC(=O)c1ccc(C#N)cc1. The number of anilines is 1. The second-order valence-electron chi connectivity index (χ2n) is 6.37. The summed E-state index contributed by atoms with van der Waals surface area (Å²) in [5, 5.41) is 29.9. The standard InChI is InChI=1S/C20H16F3N5O3/c1-11(29)17(26-15-7-6-14(10-25)16(8-15)20(21,22)23)19(31)28-27-18(30)13-4-2-12(9-24)3-5-13/h2-8,11,17,26,29H,1H3,(H,27,30)(H,28,31)/t11-,17-/m1/s1. The molecular weight excluding hydrogens is 415 g/mol. The van der Waals surface area contributed by atoms with Crippen LogP contribution in [0.1, 0.15) is 34.0 Å². The molecule has 160 valence electrons. The van der Waals surface area contributed by atoms with Crippen molar-refractivity contribution < 1.29 is 27.9 Å². The number of rotatable bonds is 5. The maximum Gasteiger partial charge on any atom is 0.417 e. The van der Waals surface area contributed by atoms with Gasteiger partial charge in [-0.25, -0.2) is 0 Å². The van der Waals surface area contributed by atoms with Crippen LogP contribution in [0.25, 0.3) is 0 Å². The van der Waals surface area contributed by atoms with Crippen LogP contribution < -0.4 is 16.2 Å². The van der Waals surface area contributed by atoms with Crippen molar-refractivity contribution in [3.63, 3.8) is 0 Å². The third-order valence-corrected chi connectivity index (χ3v) is 4.11. The first-order valence-corrected chi connectivity index (χ1v) is 8.73. The number of hydrogen-bond acceptors (Lipinski definition) is 6. The van der Waals surface area contributed by atoms with Crippen LogP contribution >= 0.6 is 0 Å². The van der Waals surface area contributed by atoms with E-state index in [1.165, 1.54) is 37.3 Å². The fourth-order valence-electron chi connectivity index (χ4n) is 2.52. The Hall–Kier alpha value is -4.09. The van der Waals surface area contributed by atoms with E-state index in [9.17, 15) is 27.9 Å². The first kappa shape index (κ1) is 23.2. The molecule has 0 bridgehead atoms. The zero-order chi connectivity index (χ0) is 23.2. The van der Waals surface area contributed by atoms with Gasteiger partial charge in [-0.05, 0) is 49.4 Å². The molecule has 4 N–H and O–H groups in total. The molecule has 0 aromatic heterocycles. The largest absolute Gasteiger partial charge is 0.417 e. The van der Waals surface area contributed by atoms with Crippen LogP contribution in [0.3, 0.4) is 0 Å². The average molecular weight is 431 g/mol. The van der Waals surface area contributed by atoms with Gasteiger partial charge in [-0.2, -0.15) is 23.7 Å². The number of aliphatic hydroxyl groups excluding tert-OH is 1. The van der Waals surface area contributed by atoms with E-state index >= 15 is 0 Å². The number of nitrogens with zero attached hydrogens (tertiary/aromatic N) is 2. The molecule has 2 rings (SSSR count). The Morgan fingerprint density at radius 3 is 2.19 bits per heavy atom. The van der Waals surface area contributed by atoms with E-state index in [2.05, 4.69) is 16.2 Å². The Labute approximate surface area is 174 Å². The Kier molecular flexibility index (Phi) is 7.19. The molecule has 0 aliphatic heterocycles. The summed E-state index contributed by atoms with van der Waals surface area (Å²) in [5.41, 5.74) is 2.72. The molecule has 0 fully saturated rings. The van der Waals surface area contributed by atoms with Crippen LogP contribution in [-0.2, 0) is 11.0 Å². The van der Waals surface area contributed by atoms with E-state index in [1.807, 2.05) is 6.07 Å². The highest BCUT2D eigenvalue weighted by Gasteiger charge is 2.34. The van der Waals surface area contributed by atoms with Crippen molar-refractivity contribution in [3.05, 3.63) is 64.7 Å². The van der Waals surface area contributed by atoms with E-state index in [-0.39, 0.29) is 11.3 Å². The molecule has 0 saturated heterocycles. The Balaban J connectivity index is 2.11. The lowest BCUT2D eigenvalue weighted by Crippen LogP contribution is -2.52. The van der Waals surface area contributed by atoms with Crippen LogP contribution in [0.2, 0.25) is 0 Å². The van der Waals surface area contributed by atoms with Gasteiger partial charge in [0.25, 0.3) is 11.8 Å². The maximum atomic E-state index is 13.1. The van der Waals surface area contributed by atoms with Gasteiger partial charge in [-0.3, -0.25) is 20.4 Å². The van der Waals surface area contributed by atoms with E-state index in [4.69, 9.17) is 10.5 Å². The molecule has 2 aromatic carbocycles. The number of carbonyl (C=O) groups excluding carboxylic acids is 2. The summed E-state index contributed by atoms with van der Waals surface area (Å²) in [6, 6.07) is 10.2. The lowest BCUT2D eigenvalue weighted by Gasteiger charge is -2.22. The minimum atomic E-state index is -4.79. The second-order valence-corrected chi connectivity index (χ2v) is 6.37. The highest BCUT2D eigenvalue weighted by atomic mass is 19.4. The number of carbonyl (C=O) groups is 2. The number of aliphatic hydroxyl groups is 1. The van der Waals surface area contributed by atoms with Gasteiger partial charge in [-0.1, -0.05) is 0 Å². The van der Waals surface area contributed by atoms with Crippen LogP contribution in [0.5, 0.6) is 0 Å². The summed E-state index contributed by atoms with van der Waals surface area (Å²) in [6.07, 6.45) is -6.14. The van der Waals surface area contributed by atoms with Gasteiger partial charge >= 0.3 is 6.18 Å². The van der Waals surface area contributed by atoms with Crippen molar-refractivity contribution in [2.24, 2.45) is 0 Å². The molecule has 11 heteroatoms. The molecule has 2 atom stereocenters. The van der Waals surface area contributed by atoms with E-state index < -0.39 is 41.3 Å². The number of halogens is 3. The van der Waals surface area contributed by atoms with Gasteiger partial charge in [-0.15, -0.1) is 0 Å². The second kappa shape index (κ2) is 9.61. The fraction of sp³-hybridized carbons (Fsp3) is 0.200. The lowest BCUT2D eigenvalue weighted by atomic mass is 10.1. The molecule has 0 heterocycles. The van der Waals surface area contributed by atoms with Gasteiger partial charge < -0.3 is 10.4 Å². The van der Waals surface area contributed by atoms with Gasteiger partial charge in [0.05, 0.1) is 34.9 Å². The molecule has 0 aliphatic carbocycles. The lowest BCUT2D eigenvalue weighted by molar-refractivity contribution is -0.137. The number of amides is 2. The van der Waals surface area contributed by atoms with Gasteiger partial charge in [0, 0.05) is 11.3 Å². The van der Waals surface area contributed by atoms with Crippen LogP contribution in [0.15, 0.2) is 42.5 Å². The van der Waals surface area contributed by atoms with Crippen molar-refractivity contribution in [2.45, 2.75) is 25.2 Å². The van der Waals surface area contributed by atoms with Crippen molar-refractivity contribution in [3.8, 4) is 12.1 Å². The van der Waals surface area contributed by atoms with Crippen molar-refractivity contribution in [1.29, 1.82) is 10.5 Å². The van der Waals surface area contributed by atoms with E-state index in [0.29, 0.717) is 11.6 Å². The minimum absolute atomic E-state index is 0.141. The van der Waals surface area contributed by atoms with Crippen LogP contribution in [-0.4, -0.2) is 29.1 Å². The summed E-state index contributed by atoms with van der Waals surface area (Å²) >= 11 is 0. The molecule has 0 unspecified atom stereocenters. The predicted octanol–water partition coefficient (Wildman–Crippen LogP) is 2.07. The van der Waals surface area contributed by atoms with Gasteiger partial charge in [0.2, 0.25) is 0 Å². The van der Waals surface area contributed by atoms with Crippen LogP contribution in [0.4, 0.5) is 18.9 Å². The van der Waals surface area contributed by atoms with Crippen molar-refractivity contribution >= 4 is 17.5 Å². The highest BCUT2D eigenvalue weighted by molar-refractivity contribution is 5.96. The number of nitrogens with one attached hydrogen (secondary N) is 3. The molecule has 0 aliphatic rings. The highest BCUT2D eigenvalue weighted by Crippen LogP contribution is 2.33. The quantitative estimate of drug-likeness (QED) is 0.535. The molecule has 0 saturated carbocycles. The number of nitriles is 2. The number of alkyl halides is 3. The minimum Gasteiger partial charge on any atom is -0.391 e. The molecule has 0 radical (unpaired) electrons. The number of hydrogen-bond donors (Lipinski definition) is 4. The number of hydrazine groups is 1. The Morgan fingerprint density at radius 2 is 1.68 bits per heavy atom. The van der Waals surface area contributed by atoms with E-state index in [1.54, 1.807) is 0 Å². The molecule has 8 nitrogen and oxygen atoms in total. The van der Waals surface area contributed by atoms with Crippen LogP contribution in [0, 0.1) is 22.7 Å². The third-order valence-electron chi connectivity index (χ3n) is 4.11. The first-order valence-electron chi connectivity index (χ1n) is 8.73. The molecule has 0 spiro atoms. The topological polar surface area (TPSA) is 138 Å². The zero-order valence-corrected chi connectivity index (χ0v) is 16.0. The van der Waals surface area contributed by atoms with Crippen molar-refractivity contribution in [1.82, 2.24) is 10.9 Å². The monoisotopic (exact) mass is 431 g/mol. The maximum absolute atomic E-state index is 13.1. The van der Waals surface area contributed by atoms with Gasteiger partial charge in [0.15, 0.2) is 0 Å². The zero-order valence-electron chi connectivity index (χ0n) is 16.0. The smallest absolute Gasteiger partial charge is 0.391 e. The summed E-state index contributed by atoms with van der Waals surface area (Å²) in [4.78, 5) is 24.4. The molecule has 2 amide bonds. The Morgan fingerprint density at radius 1 is 1.03 bits per heavy atom. The number of benzene rings is 2. The summed E-state index contributed by atoms with van der Waals surface area (Å²) in [5.74, 6) is -1.63. The summed E-state index contributed by atoms with van der Waals surface area (Å²) < 4.78 is 39.3. The fourth-order valence-corrected chi connectivity index (χ4v) is 2.52. The summed E-state index contributed by atoms with van der Waals surface area (Å²) in [6.45, 7) is 1.23.